The Bertz CT molecular complexity index is 922. The van der Waals surface area contributed by atoms with Gasteiger partial charge in [0.1, 0.15) is 0 Å². The minimum absolute atomic E-state index is 0.109. The summed E-state index contributed by atoms with van der Waals surface area (Å²) in [5.41, 5.74) is 2.81. The van der Waals surface area contributed by atoms with E-state index in [2.05, 4.69) is 15.5 Å². The van der Waals surface area contributed by atoms with Crippen molar-refractivity contribution >= 4 is 40.6 Å². The van der Waals surface area contributed by atoms with Crippen LogP contribution in [0.2, 0.25) is 5.02 Å². The number of thioether (sulfide) groups is 1. The van der Waals surface area contributed by atoms with Crippen LogP contribution in [-0.4, -0.2) is 40.5 Å². The Balaban J connectivity index is 1.63. The molecule has 0 bridgehead atoms. The lowest BCUT2D eigenvalue weighted by Gasteiger charge is -2.12. The van der Waals surface area contributed by atoms with Crippen molar-refractivity contribution in [3.63, 3.8) is 0 Å². The molecule has 3 rings (SSSR count). The van der Waals surface area contributed by atoms with E-state index in [1.165, 1.54) is 11.8 Å². The minimum Gasteiger partial charge on any atom is -0.378 e. The Hall–Kier alpha value is -2.51. The standard InChI is InChI=1S/C19H20ClN5OS/c1-24(2)16-10-4-13(5-11-16)18-22-23-19(25(18)3)27-12-17(26)21-15-8-6-14(20)7-9-15/h4-11H,12H2,1-3H3,(H,21,26). The molecule has 140 valence electrons. The van der Waals surface area contributed by atoms with Gasteiger partial charge in [-0.2, -0.15) is 0 Å². The van der Waals surface area contributed by atoms with E-state index in [9.17, 15) is 4.79 Å². The molecule has 0 spiro atoms. The molecule has 6 nitrogen and oxygen atoms in total. The molecule has 1 amide bonds. The van der Waals surface area contributed by atoms with Gasteiger partial charge in [-0.15, -0.1) is 10.2 Å². The summed E-state index contributed by atoms with van der Waals surface area (Å²) in [7, 11) is 5.90. The molecule has 0 aliphatic heterocycles. The second-order valence-corrected chi connectivity index (χ2v) is 7.53. The van der Waals surface area contributed by atoms with Crippen LogP contribution in [0.5, 0.6) is 0 Å². The van der Waals surface area contributed by atoms with Crippen molar-refractivity contribution in [3.8, 4) is 11.4 Å². The average Bonchev–Trinajstić information content (AvgIpc) is 3.02. The van der Waals surface area contributed by atoms with Gasteiger partial charge < -0.3 is 14.8 Å². The molecule has 1 N–H and O–H groups in total. The second kappa shape index (κ2) is 8.45. The molecule has 0 atom stereocenters. The van der Waals surface area contributed by atoms with Crippen LogP contribution in [0.4, 0.5) is 11.4 Å². The quantitative estimate of drug-likeness (QED) is 0.634. The van der Waals surface area contributed by atoms with Crippen molar-refractivity contribution in [1.82, 2.24) is 14.8 Å². The summed E-state index contributed by atoms with van der Waals surface area (Å²) in [6, 6.07) is 15.1. The van der Waals surface area contributed by atoms with Gasteiger partial charge in [0.25, 0.3) is 0 Å². The molecule has 0 saturated carbocycles. The van der Waals surface area contributed by atoms with Gasteiger partial charge in [-0.25, -0.2) is 0 Å². The van der Waals surface area contributed by atoms with Crippen LogP contribution in [0.15, 0.2) is 53.7 Å². The van der Waals surface area contributed by atoms with E-state index in [4.69, 9.17) is 11.6 Å². The van der Waals surface area contributed by atoms with Crippen molar-refractivity contribution in [3.05, 3.63) is 53.6 Å². The fourth-order valence-corrected chi connectivity index (χ4v) is 3.30. The molecule has 0 aliphatic rings. The Morgan fingerprint density at radius 2 is 1.78 bits per heavy atom. The molecule has 3 aromatic rings. The van der Waals surface area contributed by atoms with Gasteiger partial charge in [-0.3, -0.25) is 4.79 Å². The highest BCUT2D eigenvalue weighted by Crippen LogP contribution is 2.24. The number of halogens is 1. The van der Waals surface area contributed by atoms with Crippen LogP contribution >= 0.6 is 23.4 Å². The Morgan fingerprint density at radius 3 is 2.41 bits per heavy atom. The van der Waals surface area contributed by atoms with Crippen LogP contribution in [0.1, 0.15) is 0 Å². The molecule has 0 fully saturated rings. The molecular formula is C19H20ClN5OS. The monoisotopic (exact) mass is 401 g/mol. The third-order valence-electron chi connectivity index (χ3n) is 3.94. The van der Waals surface area contributed by atoms with Crippen molar-refractivity contribution in [2.24, 2.45) is 7.05 Å². The zero-order chi connectivity index (χ0) is 19.4. The van der Waals surface area contributed by atoms with Crippen LogP contribution in [0.25, 0.3) is 11.4 Å². The molecule has 27 heavy (non-hydrogen) atoms. The third-order valence-corrected chi connectivity index (χ3v) is 5.21. The predicted octanol–water partition coefficient (Wildman–Crippen LogP) is 3.93. The molecular weight excluding hydrogens is 382 g/mol. The molecule has 0 saturated heterocycles. The first-order chi connectivity index (χ1) is 12.9. The number of carbonyl (C=O) groups is 1. The first kappa shape index (κ1) is 19.3. The SMILES string of the molecule is CN(C)c1ccc(-c2nnc(SCC(=O)Nc3ccc(Cl)cc3)n2C)cc1. The molecule has 1 heterocycles. The number of hydrogen-bond acceptors (Lipinski definition) is 5. The Morgan fingerprint density at radius 1 is 1.11 bits per heavy atom. The zero-order valence-electron chi connectivity index (χ0n) is 15.3. The van der Waals surface area contributed by atoms with Gasteiger partial charge in [0.05, 0.1) is 5.75 Å². The maximum atomic E-state index is 12.1. The number of nitrogens with zero attached hydrogens (tertiary/aromatic N) is 4. The van der Waals surface area contributed by atoms with Gasteiger partial charge in [-0.1, -0.05) is 23.4 Å². The van der Waals surface area contributed by atoms with E-state index >= 15 is 0 Å². The molecule has 0 radical (unpaired) electrons. The van der Waals surface area contributed by atoms with Crippen LogP contribution in [-0.2, 0) is 11.8 Å². The van der Waals surface area contributed by atoms with Crippen molar-refractivity contribution < 1.29 is 4.79 Å². The molecule has 2 aromatic carbocycles. The maximum Gasteiger partial charge on any atom is 0.234 e. The number of benzene rings is 2. The van der Waals surface area contributed by atoms with Gasteiger partial charge in [0, 0.05) is 43.1 Å². The molecule has 0 unspecified atom stereocenters. The number of amides is 1. The summed E-state index contributed by atoms with van der Waals surface area (Å²) in [5.74, 6) is 0.900. The van der Waals surface area contributed by atoms with E-state index in [-0.39, 0.29) is 11.7 Å². The summed E-state index contributed by atoms with van der Waals surface area (Å²) in [5, 5.41) is 12.6. The topological polar surface area (TPSA) is 63.1 Å². The molecule has 1 aromatic heterocycles. The second-order valence-electron chi connectivity index (χ2n) is 6.15. The smallest absolute Gasteiger partial charge is 0.234 e. The highest BCUT2D eigenvalue weighted by molar-refractivity contribution is 7.99. The fourth-order valence-electron chi connectivity index (χ4n) is 2.46. The number of carbonyl (C=O) groups excluding carboxylic acids is 1. The maximum absolute atomic E-state index is 12.1. The first-order valence-electron chi connectivity index (χ1n) is 8.29. The van der Waals surface area contributed by atoms with E-state index in [0.29, 0.717) is 15.9 Å². The normalized spacial score (nSPS) is 10.7. The lowest BCUT2D eigenvalue weighted by atomic mass is 10.2. The van der Waals surface area contributed by atoms with E-state index in [0.717, 1.165) is 17.1 Å². The number of nitrogens with one attached hydrogen (secondary N) is 1. The largest absolute Gasteiger partial charge is 0.378 e. The lowest BCUT2D eigenvalue weighted by molar-refractivity contribution is -0.113. The van der Waals surface area contributed by atoms with Gasteiger partial charge >= 0.3 is 0 Å². The average molecular weight is 402 g/mol. The summed E-state index contributed by atoms with van der Waals surface area (Å²) in [6.45, 7) is 0. The predicted molar refractivity (Wildman–Crippen MR) is 112 cm³/mol. The van der Waals surface area contributed by atoms with Crippen molar-refractivity contribution in [1.29, 1.82) is 0 Å². The van der Waals surface area contributed by atoms with Crippen LogP contribution < -0.4 is 10.2 Å². The lowest BCUT2D eigenvalue weighted by Crippen LogP contribution is -2.14. The third kappa shape index (κ3) is 4.81. The number of anilines is 2. The number of aromatic nitrogens is 3. The summed E-state index contributed by atoms with van der Waals surface area (Å²) in [4.78, 5) is 14.2. The molecule has 8 heteroatoms. The summed E-state index contributed by atoms with van der Waals surface area (Å²) in [6.07, 6.45) is 0. The van der Waals surface area contributed by atoms with E-state index < -0.39 is 0 Å². The van der Waals surface area contributed by atoms with Crippen molar-refractivity contribution in [2.45, 2.75) is 5.16 Å². The van der Waals surface area contributed by atoms with Crippen molar-refractivity contribution in [2.75, 3.05) is 30.1 Å². The first-order valence-corrected chi connectivity index (χ1v) is 9.66. The van der Waals surface area contributed by atoms with E-state index in [1.807, 2.05) is 54.9 Å². The Labute approximate surface area is 167 Å². The van der Waals surface area contributed by atoms with Crippen LogP contribution in [0, 0.1) is 0 Å². The van der Waals surface area contributed by atoms with Crippen LogP contribution in [0.3, 0.4) is 0 Å². The van der Waals surface area contributed by atoms with E-state index in [1.54, 1.807) is 24.3 Å². The highest BCUT2D eigenvalue weighted by atomic mass is 35.5. The molecule has 0 aliphatic carbocycles. The highest BCUT2D eigenvalue weighted by Gasteiger charge is 2.13. The summed E-state index contributed by atoms with van der Waals surface area (Å²) >= 11 is 7.19. The van der Waals surface area contributed by atoms with Gasteiger partial charge in [0.2, 0.25) is 5.91 Å². The minimum atomic E-state index is -0.109. The number of rotatable bonds is 6. The zero-order valence-corrected chi connectivity index (χ0v) is 16.9. The fraction of sp³-hybridized carbons (Fsp3) is 0.211. The summed E-state index contributed by atoms with van der Waals surface area (Å²) < 4.78 is 1.89. The van der Waals surface area contributed by atoms with Gasteiger partial charge in [-0.05, 0) is 48.5 Å². The Kier molecular flexibility index (Phi) is 6.03. The number of hydrogen-bond donors (Lipinski definition) is 1. The van der Waals surface area contributed by atoms with Gasteiger partial charge in [0.15, 0.2) is 11.0 Å².